The molecular formula is C21H23F2N3O4. The summed E-state index contributed by atoms with van der Waals surface area (Å²) >= 11 is 0. The SMILES string of the molecule is COc1c([C@@H]2[C@@H](C(=O)Nc3ccnc(C(N)=O)c3)OC(C)(C)[C@@H]2C)ccc(F)c1F. The van der Waals surface area contributed by atoms with Crippen LogP contribution in [0.1, 0.15) is 42.7 Å². The molecule has 0 unspecified atom stereocenters. The molecule has 0 radical (unpaired) electrons. The van der Waals surface area contributed by atoms with Crippen LogP contribution >= 0.6 is 0 Å². The maximum absolute atomic E-state index is 14.3. The molecule has 0 bridgehead atoms. The normalized spacial score (nSPS) is 22.5. The van der Waals surface area contributed by atoms with Crippen molar-refractivity contribution < 1.29 is 27.8 Å². The molecule has 2 aromatic rings. The molecule has 30 heavy (non-hydrogen) atoms. The van der Waals surface area contributed by atoms with Crippen molar-refractivity contribution in [1.82, 2.24) is 4.98 Å². The molecule has 0 spiro atoms. The van der Waals surface area contributed by atoms with E-state index in [1.807, 2.05) is 20.8 Å². The summed E-state index contributed by atoms with van der Waals surface area (Å²) in [6.45, 7) is 5.51. The van der Waals surface area contributed by atoms with E-state index in [0.717, 1.165) is 6.07 Å². The third kappa shape index (κ3) is 3.85. The summed E-state index contributed by atoms with van der Waals surface area (Å²) in [6, 6.07) is 5.25. The van der Waals surface area contributed by atoms with Crippen LogP contribution in [-0.2, 0) is 9.53 Å². The van der Waals surface area contributed by atoms with E-state index in [-0.39, 0.29) is 17.4 Å². The van der Waals surface area contributed by atoms with Crippen LogP contribution < -0.4 is 15.8 Å². The Morgan fingerprint density at radius 3 is 2.60 bits per heavy atom. The minimum atomic E-state index is -1.12. The van der Waals surface area contributed by atoms with Crippen LogP contribution in [0.3, 0.4) is 0 Å². The van der Waals surface area contributed by atoms with Gasteiger partial charge in [0.1, 0.15) is 11.8 Å². The topological polar surface area (TPSA) is 104 Å². The van der Waals surface area contributed by atoms with Crippen molar-refractivity contribution in [3.05, 3.63) is 53.4 Å². The van der Waals surface area contributed by atoms with E-state index >= 15 is 0 Å². The Balaban J connectivity index is 1.98. The Morgan fingerprint density at radius 1 is 1.27 bits per heavy atom. The second-order valence-electron chi connectivity index (χ2n) is 7.72. The average molecular weight is 419 g/mol. The first-order valence-electron chi connectivity index (χ1n) is 9.33. The summed E-state index contributed by atoms with van der Waals surface area (Å²) in [7, 11) is 1.24. The molecule has 0 aliphatic carbocycles. The smallest absolute Gasteiger partial charge is 0.267 e. The van der Waals surface area contributed by atoms with Gasteiger partial charge >= 0.3 is 0 Å². The zero-order valence-electron chi connectivity index (χ0n) is 17.0. The zero-order valence-corrected chi connectivity index (χ0v) is 17.0. The number of nitrogens with two attached hydrogens (primary N) is 1. The minimum absolute atomic E-state index is 0.00679. The van der Waals surface area contributed by atoms with E-state index in [1.54, 1.807) is 0 Å². The highest BCUT2D eigenvalue weighted by atomic mass is 19.2. The lowest BCUT2D eigenvalue weighted by Gasteiger charge is -2.25. The minimum Gasteiger partial charge on any atom is -0.493 e. The van der Waals surface area contributed by atoms with Crippen LogP contribution in [0, 0.1) is 17.6 Å². The van der Waals surface area contributed by atoms with E-state index < -0.39 is 41.1 Å². The third-order valence-corrected chi connectivity index (χ3v) is 5.57. The molecule has 1 aromatic heterocycles. The van der Waals surface area contributed by atoms with E-state index in [9.17, 15) is 18.4 Å². The maximum Gasteiger partial charge on any atom is 0.267 e. The number of methoxy groups -OCH3 is 1. The van der Waals surface area contributed by atoms with Gasteiger partial charge in [0.25, 0.3) is 11.8 Å². The van der Waals surface area contributed by atoms with Crippen molar-refractivity contribution in [3.8, 4) is 5.75 Å². The van der Waals surface area contributed by atoms with Gasteiger partial charge in [-0.25, -0.2) is 4.39 Å². The van der Waals surface area contributed by atoms with Gasteiger partial charge in [0.2, 0.25) is 5.82 Å². The number of nitrogens with zero attached hydrogens (tertiary/aromatic N) is 1. The van der Waals surface area contributed by atoms with E-state index in [4.69, 9.17) is 15.2 Å². The molecule has 2 amide bonds. The number of nitrogens with one attached hydrogen (secondary N) is 1. The van der Waals surface area contributed by atoms with Crippen molar-refractivity contribution in [3.63, 3.8) is 0 Å². The number of amides is 2. The molecule has 2 heterocycles. The fourth-order valence-corrected chi connectivity index (χ4v) is 3.72. The van der Waals surface area contributed by atoms with E-state index in [1.165, 1.54) is 31.5 Å². The van der Waals surface area contributed by atoms with Gasteiger partial charge in [-0.05, 0) is 38.0 Å². The first-order valence-corrected chi connectivity index (χ1v) is 9.33. The molecule has 1 aliphatic rings. The lowest BCUT2D eigenvalue weighted by atomic mass is 9.78. The molecule has 1 fully saturated rings. The molecule has 1 saturated heterocycles. The second-order valence-corrected chi connectivity index (χ2v) is 7.72. The Labute approximate surface area is 172 Å². The first kappa shape index (κ1) is 21.6. The number of primary amides is 1. The monoisotopic (exact) mass is 419 g/mol. The fourth-order valence-electron chi connectivity index (χ4n) is 3.72. The first-order chi connectivity index (χ1) is 14.1. The van der Waals surface area contributed by atoms with Gasteiger partial charge in [-0.1, -0.05) is 13.0 Å². The number of ether oxygens (including phenoxy) is 2. The molecular weight excluding hydrogens is 396 g/mol. The number of benzene rings is 1. The predicted molar refractivity (Wildman–Crippen MR) is 105 cm³/mol. The van der Waals surface area contributed by atoms with Gasteiger partial charge in [-0.15, -0.1) is 0 Å². The second kappa shape index (κ2) is 7.98. The Kier molecular flexibility index (Phi) is 5.76. The third-order valence-electron chi connectivity index (χ3n) is 5.57. The molecule has 160 valence electrons. The number of carbonyl (C=O) groups excluding carboxylic acids is 2. The highest BCUT2D eigenvalue weighted by molar-refractivity contribution is 5.97. The van der Waals surface area contributed by atoms with Crippen LogP contribution in [0.4, 0.5) is 14.5 Å². The Bertz CT molecular complexity index is 996. The quantitative estimate of drug-likeness (QED) is 0.776. The van der Waals surface area contributed by atoms with Crippen molar-refractivity contribution in [2.45, 2.75) is 38.4 Å². The predicted octanol–water partition coefficient (Wildman–Crippen LogP) is 3.00. The number of halogens is 2. The van der Waals surface area contributed by atoms with Crippen LogP contribution in [-0.4, -0.2) is 35.6 Å². The largest absolute Gasteiger partial charge is 0.493 e. The van der Waals surface area contributed by atoms with Crippen molar-refractivity contribution >= 4 is 17.5 Å². The molecule has 1 aromatic carbocycles. The van der Waals surface area contributed by atoms with Gasteiger partial charge in [-0.3, -0.25) is 14.6 Å². The van der Waals surface area contributed by atoms with Gasteiger partial charge in [0.05, 0.1) is 12.7 Å². The van der Waals surface area contributed by atoms with Gasteiger partial charge in [-0.2, -0.15) is 4.39 Å². The summed E-state index contributed by atoms with van der Waals surface area (Å²) in [5.74, 6) is -4.50. The number of aromatic nitrogens is 1. The Morgan fingerprint density at radius 2 is 1.97 bits per heavy atom. The van der Waals surface area contributed by atoms with Gasteiger partial charge in [0.15, 0.2) is 11.6 Å². The molecule has 9 heteroatoms. The van der Waals surface area contributed by atoms with E-state index in [0.29, 0.717) is 11.3 Å². The highest BCUT2D eigenvalue weighted by Gasteiger charge is 2.51. The maximum atomic E-state index is 14.3. The number of hydrogen-bond acceptors (Lipinski definition) is 5. The molecule has 7 nitrogen and oxygen atoms in total. The Hall–Kier alpha value is -3.07. The highest BCUT2D eigenvalue weighted by Crippen LogP contribution is 2.49. The average Bonchev–Trinajstić information content (AvgIpc) is 2.93. The summed E-state index contributed by atoms with van der Waals surface area (Å²) in [4.78, 5) is 28.2. The molecule has 0 saturated carbocycles. The van der Waals surface area contributed by atoms with Crippen molar-refractivity contribution in [2.24, 2.45) is 11.7 Å². The van der Waals surface area contributed by atoms with Crippen LogP contribution in [0.2, 0.25) is 0 Å². The summed E-state index contributed by atoms with van der Waals surface area (Å²) < 4.78 is 39.2. The lowest BCUT2D eigenvalue weighted by molar-refractivity contribution is -0.131. The number of rotatable bonds is 5. The number of anilines is 1. The zero-order chi connectivity index (χ0) is 22.2. The van der Waals surface area contributed by atoms with Gasteiger partial charge in [0, 0.05) is 23.4 Å². The fraction of sp³-hybridized carbons (Fsp3) is 0.381. The summed E-state index contributed by atoms with van der Waals surface area (Å²) in [6.07, 6.45) is 0.326. The van der Waals surface area contributed by atoms with Crippen LogP contribution in [0.15, 0.2) is 30.5 Å². The number of hydrogen-bond donors (Lipinski definition) is 2. The molecule has 1 aliphatic heterocycles. The lowest BCUT2D eigenvalue weighted by Crippen LogP contribution is -2.33. The van der Waals surface area contributed by atoms with Crippen molar-refractivity contribution in [1.29, 1.82) is 0 Å². The van der Waals surface area contributed by atoms with Crippen LogP contribution in [0.5, 0.6) is 5.75 Å². The standard InChI is InChI=1S/C21H23F2N3O4/c1-10-15(12-5-6-13(22)16(23)17(12)29-4)18(30-21(10,2)3)20(28)26-11-7-8-25-14(9-11)19(24)27/h5-10,15,18H,1-4H3,(H2,24,27)(H,25,26,28)/t10-,15-,18+/m1/s1. The molecule has 3 N–H and O–H groups in total. The number of pyridine rings is 1. The molecule has 3 atom stereocenters. The summed E-state index contributed by atoms with van der Waals surface area (Å²) in [5, 5.41) is 2.68. The molecule has 3 rings (SSSR count). The summed E-state index contributed by atoms with van der Waals surface area (Å²) in [5.41, 5.74) is 5.14. The number of carbonyl (C=O) groups is 2. The van der Waals surface area contributed by atoms with Gasteiger partial charge < -0.3 is 20.5 Å². The van der Waals surface area contributed by atoms with Crippen LogP contribution in [0.25, 0.3) is 0 Å². The van der Waals surface area contributed by atoms with Crippen molar-refractivity contribution in [2.75, 3.05) is 12.4 Å². The van der Waals surface area contributed by atoms with E-state index in [2.05, 4.69) is 10.3 Å².